The third-order valence-corrected chi connectivity index (χ3v) is 8.42. The number of carbonyl (C=O) groups excluding carboxylic acids is 1. The summed E-state index contributed by atoms with van der Waals surface area (Å²) in [5, 5.41) is 0. The van der Waals surface area contributed by atoms with Gasteiger partial charge in [0.1, 0.15) is 0 Å². The van der Waals surface area contributed by atoms with Gasteiger partial charge in [-0.3, -0.25) is 4.79 Å². The summed E-state index contributed by atoms with van der Waals surface area (Å²) in [6.07, 6.45) is -3.14. The molecule has 0 spiro atoms. The van der Waals surface area contributed by atoms with E-state index in [0.717, 1.165) is 40.9 Å². The molecule has 190 valence electrons. The standard InChI is InChI=1S/C27H27F3N2O3S/c1-2-36(34,35)24-10-3-18(4-11-24)15-21-16-19(5-12-25(21)26(31)33)20-13-14-32(17-20)23-8-6-22(7-9-23)27(28,29)30/h3-12,16,20H,2,13-15,17H2,1H3,(H2,31,33). The maximum Gasteiger partial charge on any atom is 0.416 e. The van der Waals surface area contributed by atoms with Crippen LogP contribution in [0.4, 0.5) is 18.9 Å². The molecule has 3 aromatic carbocycles. The van der Waals surface area contributed by atoms with Gasteiger partial charge in [-0.15, -0.1) is 0 Å². The average molecular weight is 517 g/mol. The van der Waals surface area contributed by atoms with Crippen molar-refractivity contribution in [3.8, 4) is 0 Å². The third-order valence-electron chi connectivity index (χ3n) is 6.67. The molecule has 0 aromatic heterocycles. The first-order valence-electron chi connectivity index (χ1n) is 11.6. The predicted molar refractivity (Wildman–Crippen MR) is 133 cm³/mol. The third kappa shape index (κ3) is 5.56. The molecule has 1 saturated heterocycles. The van der Waals surface area contributed by atoms with E-state index in [9.17, 15) is 26.4 Å². The second-order valence-electron chi connectivity index (χ2n) is 8.98. The Bertz CT molecular complexity index is 1350. The van der Waals surface area contributed by atoms with Gasteiger partial charge in [0.2, 0.25) is 5.91 Å². The Morgan fingerprint density at radius 2 is 1.69 bits per heavy atom. The zero-order chi connectivity index (χ0) is 26.1. The fraction of sp³-hybridized carbons (Fsp3) is 0.296. The number of amides is 1. The van der Waals surface area contributed by atoms with Gasteiger partial charge in [-0.1, -0.05) is 31.2 Å². The van der Waals surface area contributed by atoms with E-state index in [-0.39, 0.29) is 16.6 Å². The number of halogens is 3. The van der Waals surface area contributed by atoms with Crippen molar-refractivity contribution >= 4 is 21.4 Å². The molecule has 5 nitrogen and oxygen atoms in total. The van der Waals surface area contributed by atoms with Crippen molar-refractivity contribution in [2.24, 2.45) is 5.73 Å². The van der Waals surface area contributed by atoms with Gasteiger partial charge in [-0.2, -0.15) is 13.2 Å². The number of primary amides is 1. The van der Waals surface area contributed by atoms with E-state index in [1.807, 2.05) is 12.1 Å². The molecule has 3 aromatic rings. The lowest BCUT2D eigenvalue weighted by molar-refractivity contribution is -0.137. The topological polar surface area (TPSA) is 80.5 Å². The molecule has 0 bridgehead atoms. The zero-order valence-corrected chi connectivity index (χ0v) is 20.6. The monoisotopic (exact) mass is 516 g/mol. The fourth-order valence-corrected chi connectivity index (χ4v) is 5.47. The minimum Gasteiger partial charge on any atom is -0.371 e. The number of anilines is 1. The van der Waals surface area contributed by atoms with Crippen LogP contribution < -0.4 is 10.6 Å². The Morgan fingerprint density at radius 3 is 2.28 bits per heavy atom. The number of nitrogens with two attached hydrogens (primary N) is 1. The number of alkyl halides is 3. The second kappa shape index (κ2) is 9.97. The van der Waals surface area contributed by atoms with Gasteiger partial charge in [-0.25, -0.2) is 8.42 Å². The van der Waals surface area contributed by atoms with Crippen LogP contribution in [0.3, 0.4) is 0 Å². The van der Waals surface area contributed by atoms with Gasteiger partial charge in [0.05, 0.1) is 16.2 Å². The molecule has 1 unspecified atom stereocenters. The van der Waals surface area contributed by atoms with E-state index in [2.05, 4.69) is 4.90 Å². The molecule has 1 atom stereocenters. The van der Waals surface area contributed by atoms with Gasteiger partial charge in [0.15, 0.2) is 9.84 Å². The van der Waals surface area contributed by atoms with Crippen LogP contribution in [0.25, 0.3) is 0 Å². The Balaban J connectivity index is 1.53. The van der Waals surface area contributed by atoms with E-state index in [4.69, 9.17) is 5.73 Å². The largest absolute Gasteiger partial charge is 0.416 e. The van der Waals surface area contributed by atoms with Crippen LogP contribution in [0.2, 0.25) is 0 Å². The summed E-state index contributed by atoms with van der Waals surface area (Å²) < 4.78 is 62.8. The van der Waals surface area contributed by atoms with E-state index < -0.39 is 27.5 Å². The number of sulfone groups is 1. The van der Waals surface area contributed by atoms with Crippen LogP contribution in [-0.4, -0.2) is 33.2 Å². The number of hydrogen-bond acceptors (Lipinski definition) is 4. The lowest BCUT2D eigenvalue weighted by atomic mass is 9.91. The van der Waals surface area contributed by atoms with E-state index in [1.165, 1.54) is 12.1 Å². The fourth-order valence-electron chi connectivity index (χ4n) is 4.58. The smallest absolute Gasteiger partial charge is 0.371 e. The molecule has 4 rings (SSSR count). The number of carbonyl (C=O) groups is 1. The summed E-state index contributed by atoms with van der Waals surface area (Å²) in [5.41, 5.74) is 8.70. The van der Waals surface area contributed by atoms with E-state index >= 15 is 0 Å². The van der Waals surface area contributed by atoms with Crippen LogP contribution in [-0.2, 0) is 22.4 Å². The predicted octanol–water partition coefficient (Wildman–Crippen LogP) is 5.18. The molecule has 1 heterocycles. The molecular formula is C27H27F3N2O3S. The Morgan fingerprint density at radius 1 is 1.03 bits per heavy atom. The van der Waals surface area contributed by atoms with Gasteiger partial charge in [0.25, 0.3) is 0 Å². The molecule has 2 N–H and O–H groups in total. The summed E-state index contributed by atoms with van der Waals surface area (Å²) in [6, 6.07) is 17.3. The summed E-state index contributed by atoms with van der Waals surface area (Å²) in [7, 11) is -3.30. The second-order valence-corrected chi connectivity index (χ2v) is 11.3. The summed E-state index contributed by atoms with van der Waals surface area (Å²) >= 11 is 0. The minimum atomic E-state index is -4.37. The average Bonchev–Trinajstić information content (AvgIpc) is 3.34. The van der Waals surface area contributed by atoms with Crippen LogP contribution in [0, 0.1) is 0 Å². The van der Waals surface area contributed by atoms with Crippen molar-refractivity contribution in [3.05, 3.63) is 94.5 Å². The van der Waals surface area contributed by atoms with Crippen molar-refractivity contribution in [1.29, 1.82) is 0 Å². The van der Waals surface area contributed by atoms with Crippen LogP contribution in [0.5, 0.6) is 0 Å². The first-order valence-corrected chi connectivity index (χ1v) is 13.3. The molecule has 0 saturated carbocycles. The number of benzene rings is 3. The molecule has 0 radical (unpaired) electrons. The maximum atomic E-state index is 12.9. The van der Waals surface area contributed by atoms with Crippen LogP contribution in [0.1, 0.15) is 51.9 Å². The highest BCUT2D eigenvalue weighted by molar-refractivity contribution is 7.91. The summed E-state index contributed by atoms with van der Waals surface area (Å²) in [6.45, 7) is 2.94. The first kappa shape index (κ1) is 25.8. The van der Waals surface area contributed by atoms with Crippen molar-refractivity contribution < 1.29 is 26.4 Å². The number of hydrogen-bond donors (Lipinski definition) is 1. The lowest BCUT2D eigenvalue weighted by Gasteiger charge is -2.20. The molecule has 1 aliphatic rings. The zero-order valence-electron chi connectivity index (χ0n) is 19.8. The molecule has 9 heteroatoms. The van der Waals surface area contributed by atoms with Crippen molar-refractivity contribution in [3.63, 3.8) is 0 Å². The van der Waals surface area contributed by atoms with Crippen molar-refractivity contribution in [2.45, 2.75) is 36.8 Å². The van der Waals surface area contributed by atoms with Gasteiger partial charge >= 0.3 is 6.18 Å². The van der Waals surface area contributed by atoms with Crippen LogP contribution in [0.15, 0.2) is 71.6 Å². The molecular weight excluding hydrogens is 489 g/mol. The highest BCUT2D eigenvalue weighted by Crippen LogP contribution is 2.34. The van der Waals surface area contributed by atoms with Crippen molar-refractivity contribution in [1.82, 2.24) is 0 Å². The van der Waals surface area contributed by atoms with Gasteiger partial charge in [0, 0.05) is 30.3 Å². The lowest BCUT2D eigenvalue weighted by Crippen LogP contribution is -2.19. The molecule has 0 aliphatic carbocycles. The summed E-state index contributed by atoms with van der Waals surface area (Å²) in [5.74, 6) is -0.380. The molecule has 36 heavy (non-hydrogen) atoms. The van der Waals surface area contributed by atoms with Gasteiger partial charge in [-0.05, 0) is 72.0 Å². The minimum absolute atomic E-state index is 0.0189. The highest BCUT2D eigenvalue weighted by atomic mass is 32.2. The molecule has 1 amide bonds. The van der Waals surface area contributed by atoms with Crippen LogP contribution >= 0.6 is 0 Å². The SMILES string of the molecule is CCS(=O)(=O)c1ccc(Cc2cc(C3CCN(c4ccc(C(F)(F)F)cc4)C3)ccc2C(N)=O)cc1. The van der Waals surface area contributed by atoms with E-state index in [1.54, 1.807) is 37.3 Å². The van der Waals surface area contributed by atoms with Crippen molar-refractivity contribution in [2.75, 3.05) is 23.7 Å². The highest BCUT2D eigenvalue weighted by Gasteiger charge is 2.31. The number of rotatable bonds is 7. The Labute approximate surface area is 208 Å². The Kier molecular flexibility index (Phi) is 7.13. The first-order chi connectivity index (χ1) is 17.0. The number of nitrogens with zero attached hydrogens (tertiary/aromatic N) is 1. The molecule has 1 aliphatic heterocycles. The maximum absolute atomic E-state index is 12.9. The Hall–Kier alpha value is -3.33. The molecule has 1 fully saturated rings. The summed E-state index contributed by atoms with van der Waals surface area (Å²) in [4.78, 5) is 14.4. The van der Waals surface area contributed by atoms with Gasteiger partial charge < -0.3 is 10.6 Å². The normalized spacial score (nSPS) is 16.3. The quantitative estimate of drug-likeness (QED) is 0.469. The van der Waals surface area contributed by atoms with E-state index in [0.29, 0.717) is 25.1 Å².